The van der Waals surface area contributed by atoms with E-state index < -0.39 is 0 Å². The van der Waals surface area contributed by atoms with E-state index in [9.17, 15) is 0 Å². The summed E-state index contributed by atoms with van der Waals surface area (Å²) in [5.41, 5.74) is 2.42. The maximum atomic E-state index is 4.02. The van der Waals surface area contributed by atoms with E-state index >= 15 is 0 Å². The second-order valence-corrected chi connectivity index (χ2v) is 4.36. The van der Waals surface area contributed by atoms with Crippen LogP contribution in [0.3, 0.4) is 0 Å². The molecule has 0 aliphatic heterocycles. The van der Waals surface area contributed by atoms with Gasteiger partial charge in [0.1, 0.15) is 0 Å². The molecular weight excluding hydrogens is 234 g/mol. The smallest absolute Gasteiger partial charge is 0.0653 e. The van der Waals surface area contributed by atoms with Gasteiger partial charge in [-0.05, 0) is 25.0 Å². The van der Waals surface area contributed by atoms with Crippen LogP contribution in [-0.4, -0.2) is 16.2 Å². The Bertz CT molecular complexity index is 453. The van der Waals surface area contributed by atoms with Gasteiger partial charge in [0.15, 0.2) is 0 Å². The topological polar surface area (TPSA) is 40.7 Å². The normalized spacial score (nSPS) is 12.4. The van der Waals surface area contributed by atoms with Crippen molar-refractivity contribution in [2.24, 2.45) is 0 Å². The van der Waals surface area contributed by atoms with Gasteiger partial charge in [0.05, 0.1) is 11.7 Å². The summed E-state index contributed by atoms with van der Waals surface area (Å²) < 4.78 is 0. The molecule has 1 aromatic carbocycles. The first-order valence-electron chi connectivity index (χ1n) is 5.95. The second kappa shape index (κ2) is 6.62. The van der Waals surface area contributed by atoms with Crippen molar-refractivity contribution >= 4 is 23.3 Å². The number of rotatable bonds is 5. The van der Waals surface area contributed by atoms with E-state index in [4.69, 9.17) is 0 Å². The highest BCUT2D eigenvalue weighted by Gasteiger charge is 2.01. The molecule has 17 heavy (non-hydrogen) atoms. The Morgan fingerprint density at radius 3 is 3.00 bits per heavy atom. The van der Waals surface area contributed by atoms with Crippen LogP contribution in [-0.2, 0) is 6.54 Å². The first-order valence-corrected chi connectivity index (χ1v) is 5.95. The fraction of sp³-hybridized carbons (Fsp3) is 0.462. The molecule has 0 fully saturated rings. The summed E-state index contributed by atoms with van der Waals surface area (Å²) in [6.45, 7) is 5.38. The highest BCUT2D eigenvalue weighted by molar-refractivity contribution is 5.85. The number of hydrogen-bond donors (Lipinski definition) is 2. The van der Waals surface area contributed by atoms with Crippen molar-refractivity contribution in [1.29, 1.82) is 0 Å². The Labute approximate surface area is 108 Å². The van der Waals surface area contributed by atoms with Gasteiger partial charge < -0.3 is 5.32 Å². The quantitative estimate of drug-likeness (QED) is 0.859. The zero-order valence-corrected chi connectivity index (χ0v) is 11.2. The van der Waals surface area contributed by atoms with Crippen molar-refractivity contribution in [3.05, 3.63) is 30.0 Å². The molecule has 4 heteroatoms. The van der Waals surface area contributed by atoms with Gasteiger partial charge in [-0.15, -0.1) is 12.4 Å². The highest BCUT2D eigenvalue weighted by atomic mass is 35.5. The third kappa shape index (κ3) is 3.72. The molecule has 1 heterocycles. The first-order chi connectivity index (χ1) is 7.79. The SMILES string of the molecule is CCCC(C)NCc1ccc2cn[nH]c2c1.Cl. The maximum Gasteiger partial charge on any atom is 0.0653 e. The number of hydrogen-bond acceptors (Lipinski definition) is 2. The van der Waals surface area contributed by atoms with Gasteiger partial charge in [-0.2, -0.15) is 5.10 Å². The zero-order valence-electron chi connectivity index (χ0n) is 10.4. The van der Waals surface area contributed by atoms with Crippen LogP contribution in [0.5, 0.6) is 0 Å². The maximum absolute atomic E-state index is 4.02. The van der Waals surface area contributed by atoms with Gasteiger partial charge in [-0.3, -0.25) is 5.10 Å². The van der Waals surface area contributed by atoms with Gasteiger partial charge in [0.2, 0.25) is 0 Å². The fourth-order valence-corrected chi connectivity index (χ4v) is 1.92. The molecule has 1 atom stereocenters. The minimum Gasteiger partial charge on any atom is -0.310 e. The molecule has 0 aliphatic carbocycles. The molecule has 0 bridgehead atoms. The van der Waals surface area contributed by atoms with Crippen molar-refractivity contribution < 1.29 is 0 Å². The summed E-state index contributed by atoms with van der Waals surface area (Å²) in [6, 6.07) is 7.01. The second-order valence-electron chi connectivity index (χ2n) is 4.36. The molecular formula is C13H20ClN3. The average Bonchev–Trinajstić information content (AvgIpc) is 2.74. The molecule has 2 N–H and O–H groups in total. The van der Waals surface area contributed by atoms with Crippen LogP contribution in [0.15, 0.2) is 24.4 Å². The van der Waals surface area contributed by atoms with Gasteiger partial charge in [0.25, 0.3) is 0 Å². The van der Waals surface area contributed by atoms with Crippen molar-refractivity contribution in [3.8, 4) is 0 Å². The third-order valence-electron chi connectivity index (χ3n) is 2.88. The number of H-pyrrole nitrogens is 1. The Hall–Kier alpha value is -1.06. The summed E-state index contributed by atoms with van der Waals surface area (Å²) >= 11 is 0. The van der Waals surface area contributed by atoms with Gasteiger partial charge >= 0.3 is 0 Å². The lowest BCUT2D eigenvalue weighted by Gasteiger charge is -2.12. The molecule has 1 aromatic heterocycles. The first kappa shape index (κ1) is 14.0. The van der Waals surface area contributed by atoms with E-state index in [0.717, 1.165) is 12.1 Å². The van der Waals surface area contributed by atoms with Crippen molar-refractivity contribution in [2.45, 2.75) is 39.3 Å². The summed E-state index contributed by atoms with van der Waals surface area (Å²) in [4.78, 5) is 0. The molecule has 0 saturated heterocycles. The van der Waals surface area contributed by atoms with Crippen LogP contribution < -0.4 is 5.32 Å². The van der Waals surface area contributed by atoms with E-state index in [1.807, 2.05) is 6.20 Å². The van der Waals surface area contributed by atoms with Crippen molar-refractivity contribution in [2.75, 3.05) is 0 Å². The average molecular weight is 254 g/mol. The lowest BCUT2D eigenvalue weighted by Crippen LogP contribution is -2.24. The number of benzene rings is 1. The summed E-state index contributed by atoms with van der Waals surface area (Å²) in [7, 11) is 0. The van der Waals surface area contributed by atoms with Crippen LogP contribution in [0, 0.1) is 0 Å². The number of nitrogens with zero attached hydrogens (tertiary/aromatic N) is 1. The predicted molar refractivity (Wildman–Crippen MR) is 74.6 cm³/mol. The highest BCUT2D eigenvalue weighted by Crippen LogP contribution is 2.12. The minimum absolute atomic E-state index is 0. The molecule has 2 rings (SSSR count). The van der Waals surface area contributed by atoms with E-state index in [1.54, 1.807) is 0 Å². The largest absolute Gasteiger partial charge is 0.310 e. The van der Waals surface area contributed by atoms with Crippen LogP contribution in [0.1, 0.15) is 32.3 Å². The van der Waals surface area contributed by atoms with Gasteiger partial charge in [-0.25, -0.2) is 0 Å². The Balaban J connectivity index is 0.00000144. The number of aromatic amines is 1. The van der Waals surface area contributed by atoms with Crippen LogP contribution >= 0.6 is 12.4 Å². The van der Waals surface area contributed by atoms with E-state index in [1.165, 1.54) is 23.8 Å². The summed E-state index contributed by atoms with van der Waals surface area (Å²) in [6.07, 6.45) is 4.31. The number of fused-ring (bicyclic) bond motifs is 1. The molecule has 0 spiro atoms. The van der Waals surface area contributed by atoms with Crippen molar-refractivity contribution in [3.63, 3.8) is 0 Å². The summed E-state index contributed by atoms with van der Waals surface area (Å²) in [5, 5.41) is 11.7. The molecule has 1 unspecified atom stereocenters. The molecule has 94 valence electrons. The molecule has 0 radical (unpaired) electrons. The number of halogens is 1. The van der Waals surface area contributed by atoms with Crippen molar-refractivity contribution in [1.82, 2.24) is 15.5 Å². The third-order valence-corrected chi connectivity index (χ3v) is 2.88. The van der Waals surface area contributed by atoms with Crippen LogP contribution in [0.2, 0.25) is 0 Å². The molecule has 0 amide bonds. The molecule has 2 aromatic rings. The monoisotopic (exact) mass is 253 g/mol. The number of nitrogens with one attached hydrogen (secondary N) is 2. The van der Waals surface area contributed by atoms with Crippen LogP contribution in [0.25, 0.3) is 10.9 Å². The lowest BCUT2D eigenvalue weighted by molar-refractivity contribution is 0.508. The van der Waals surface area contributed by atoms with Gasteiger partial charge in [-0.1, -0.05) is 25.5 Å². The van der Waals surface area contributed by atoms with E-state index in [-0.39, 0.29) is 12.4 Å². The standard InChI is InChI=1S/C13H19N3.ClH/c1-3-4-10(2)14-8-11-5-6-12-9-15-16-13(12)7-11;/h5-7,9-10,14H,3-4,8H2,1-2H3,(H,15,16);1H. The molecule has 0 saturated carbocycles. The van der Waals surface area contributed by atoms with Crippen LogP contribution in [0.4, 0.5) is 0 Å². The Morgan fingerprint density at radius 1 is 1.41 bits per heavy atom. The molecule has 3 nitrogen and oxygen atoms in total. The van der Waals surface area contributed by atoms with Gasteiger partial charge in [0, 0.05) is 18.0 Å². The fourth-order valence-electron chi connectivity index (χ4n) is 1.92. The Kier molecular flexibility index (Phi) is 5.45. The lowest BCUT2D eigenvalue weighted by atomic mass is 10.1. The zero-order chi connectivity index (χ0) is 11.4. The number of aromatic nitrogens is 2. The Morgan fingerprint density at radius 2 is 2.24 bits per heavy atom. The van der Waals surface area contributed by atoms with E-state index in [0.29, 0.717) is 6.04 Å². The molecule has 0 aliphatic rings. The summed E-state index contributed by atoms with van der Waals surface area (Å²) in [5.74, 6) is 0. The van der Waals surface area contributed by atoms with E-state index in [2.05, 4.69) is 47.6 Å². The minimum atomic E-state index is 0. The predicted octanol–water partition coefficient (Wildman–Crippen LogP) is 3.26.